The molecule has 1 rings (SSSR count). The molecule has 0 spiro atoms. The molecule has 0 saturated carbocycles. The molecule has 0 fully saturated rings. The van der Waals surface area contributed by atoms with E-state index in [0.717, 1.165) is 6.42 Å². The van der Waals surface area contributed by atoms with Crippen molar-refractivity contribution in [3.63, 3.8) is 0 Å². The average Bonchev–Trinajstić information content (AvgIpc) is 2.48. The van der Waals surface area contributed by atoms with E-state index in [1.807, 2.05) is 6.92 Å². The van der Waals surface area contributed by atoms with Crippen LogP contribution < -0.4 is 10.6 Å². The summed E-state index contributed by atoms with van der Waals surface area (Å²) in [4.78, 5) is 18.4. The first-order valence-electron chi connectivity index (χ1n) is 6.74. The predicted molar refractivity (Wildman–Crippen MR) is 78.7 cm³/mol. The number of rotatable bonds is 11. The van der Waals surface area contributed by atoms with E-state index in [-0.39, 0.29) is 11.5 Å². The largest absolute Gasteiger partial charge is 0.382 e. The van der Waals surface area contributed by atoms with Crippen molar-refractivity contribution >= 4 is 17.5 Å². The van der Waals surface area contributed by atoms with E-state index in [4.69, 9.17) is 9.47 Å². The fraction of sp³-hybridized carbons (Fsp3) is 0.667. The third-order valence-electron chi connectivity index (χ3n) is 2.47. The number of hydrogen-bond donors (Lipinski definition) is 2. The summed E-state index contributed by atoms with van der Waals surface area (Å²) >= 11 is 0. The van der Waals surface area contributed by atoms with E-state index in [2.05, 4.69) is 20.6 Å². The fourth-order valence-electron chi connectivity index (χ4n) is 1.45. The van der Waals surface area contributed by atoms with Crippen molar-refractivity contribution in [2.75, 3.05) is 50.7 Å². The molecular weight excluding hydrogens is 278 g/mol. The van der Waals surface area contributed by atoms with Gasteiger partial charge in [-0.1, -0.05) is 6.92 Å². The Labute approximate surface area is 123 Å². The third kappa shape index (κ3) is 6.32. The minimum atomic E-state index is -0.516. The highest BCUT2D eigenvalue weighted by Crippen LogP contribution is 2.21. The van der Waals surface area contributed by atoms with Crippen LogP contribution in [-0.2, 0) is 9.47 Å². The summed E-state index contributed by atoms with van der Waals surface area (Å²) in [6.45, 7) is 4.52. The van der Waals surface area contributed by atoms with E-state index < -0.39 is 4.92 Å². The van der Waals surface area contributed by atoms with Gasteiger partial charge in [0.1, 0.15) is 6.20 Å². The van der Waals surface area contributed by atoms with Crippen molar-refractivity contribution in [1.82, 2.24) is 9.97 Å². The summed E-state index contributed by atoms with van der Waals surface area (Å²) in [7, 11) is 1.59. The first-order chi connectivity index (χ1) is 10.2. The summed E-state index contributed by atoms with van der Waals surface area (Å²) in [6.07, 6.45) is 2.11. The summed E-state index contributed by atoms with van der Waals surface area (Å²) in [5, 5.41) is 16.8. The molecule has 1 heterocycles. The van der Waals surface area contributed by atoms with Crippen LogP contribution in [-0.4, -0.2) is 54.9 Å². The molecule has 21 heavy (non-hydrogen) atoms. The van der Waals surface area contributed by atoms with Gasteiger partial charge in [-0.2, -0.15) is 4.98 Å². The Kier molecular flexibility index (Phi) is 7.99. The number of anilines is 2. The summed E-state index contributed by atoms with van der Waals surface area (Å²) in [6, 6.07) is 0. The Morgan fingerprint density at radius 2 is 2.10 bits per heavy atom. The summed E-state index contributed by atoms with van der Waals surface area (Å²) < 4.78 is 10.1. The van der Waals surface area contributed by atoms with Gasteiger partial charge in [-0.05, 0) is 6.42 Å². The third-order valence-corrected chi connectivity index (χ3v) is 2.47. The van der Waals surface area contributed by atoms with Gasteiger partial charge in [0.05, 0.1) is 24.7 Å². The zero-order chi connectivity index (χ0) is 15.5. The number of nitro groups is 1. The Balaban J connectivity index is 2.57. The van der Waals surface area contributed by atoms with Crippen molar-refractivity contribution in [3.05, 3.63) is 16.3 Å². The second kappa shape index (κ2) is 9.83. The maximum absolute atomic E-state index is 10.9. The van der Waals surface area contributed by atoms with Crippen LogP contribution >= 0.6 is 0 Å². The molecule has 0 saturated heterocycles. The molecule has 1 aromatic rings. The first kappa shape index (κ1) is 17.1. The van der Waals surface area contributed by atoms with Crippen molar-refractivity contribution < 1.29 is 14.4 Å². The van der Waals surface area contributed by atoms with Gasteiger partial charge in [0.15, 0.2) is 0 Å². The molecular formula is C12H21N5O4. The molecule has 2 N–H and O–H groups in total. The minimum Gasteiger partial charge on any atom is -0.382 e. The smallest absolute Gasteiger partial charge is 0.329 e. The molecule has 9 nitrogen and oxygen atoms in total. The van der Waals surface area contributed by atoms with Gasteiger partial charge in [-0.3, -0.25) is 10.1 Å². The van der Waals surface area contributed by atoms with Gasteiger partial charge in [0, 0.05) is 20.2 Å². The number of hydrogen-bond acceptors (Lipinski definition) is 8. The van der Waals surface area contributed by atoms with Gasteiger partial charge < -0.3 is 20.1 Å². The number of ether oxygens (including phenoxy) is 2. The van der Waals surface area contributed by atoms with Gasteiger partial charge in [0.25, 0.3) is 0 Å². The van der Waals surface area contributed by atoms with E-state index in [0.29, 0.717) is 38.9 Å². The molecule has 0 radical (unpaired) electrons. The van der Waals surface area contributed by atoms with Crippen molar-refractivity contribution in [2.45, 2.75) is 13.3 Å². The molecule has 118 valence electrons. The highest BCUT2D eigenvalue weighted by atomic mass is 16.6. The molecule has 0 amide bonds. The number of aromatic nitrogens is 2. The standard InChI is InChI=1S/C12H21N5O4/c1-3-4-14-12-15-9-10(17(18)19)11(16-12)13-5-6-21-8-7-20-2/h9H,3-8H2,1-2H3,(H2,13,14,15,16). The molecule has 1 aromatic heterocycles. The lowest BCUT2D eigenvalue weighted by Gasteiger charge is -2.09. The Hall–Kier alpha value is -2.00. The molecule has 9 heteroatoms. The van der Waals surface area contributed by atoms with Crippen LogP contribution in [0, 0.1) is 10.1 Å². The van der Waals surface area contributed by atoms with Crippen LogP contribution in [0.4, 0.5) is 17.5 Å². The minimum absolute atomic E-state index is 0.158. The van der Waals surface area contributed by atoms with Gasteiger partial charge in [0.2, 0.25) is 11.8 Å². The maximum Gasteiger partial charge on any atom is 0.329 e. The van der Waals surface area contributed by atoms with Crippen LogP contribution in [0.15, 0.2) is 6.20 Å². The molecule has 0 atom stereocenters. The Morgan fingerprint density at radius 3 is 2.76 bits per heavy atom. The normalized spacial score (nSPS) is 10.4. The lowest BCUT2D eigenvalue weighted by Crippen LogP contribution is -2.15. The van der Waals surface area contributed by atoms with E-state index in [9.17, 15) is 10.1 Å². The lowest BCUT2D eigenvalue weighted by atomic mass is 10.4. The summed E-state index contributed by atoms with van der Waals surface area (Å²) in [5.74, 6) is 0.550. The molecule has 0 unspecified atom stereocenters. The van der Waals surface area contributed by atoms with Crippen LogP contribution in [0.5, 0.6) is 0 Å². The lowest BCUT2D eigenvalue weighted by molar-refractivity contribution is -0.384. The summed E-state index contributed by atoms with van der Waals surface area (Å²) in [5.41, 5.74) is -0.158. The van der Waals surface area contributed by atoms with Crippen LogP contribution in [0.2, 0.25) is 0 Å². The van der Waals surface area contributed by atoms with Gasteiger partial charge in [-0.25, -0.2) is 4.98 Å². The second-order valence-corrected chi connectivity index (χ2v) is 4.14. The first-order valence-corrected chi connectivity index (χ1v) is 6.74. The average molecular weight is 299 g/mol. The van der Waals surface area contributed by atoms with Crippen molar-refractivity contribution in [3.8, 4) is 0 Å². The number of nitrogens with zero attached hydrogens (tertiary/aromatic N) is 3. The topological polar surface area (TPSA) is 111 Å². The molecule has 0 aliphatic rings. The van der Waals surface area contributed by atoms with E-state index >= 15 is 0 Å². The highest BCUT2D eigenvalue weighted by molar-refractivity contribution is 5.56. The molecule has 0 aromatic carbocycles. The Morgan fingerprint density at radius 1 is 1.29 bits per heavy atom. The van der Waals surface area contributed by atoms with Crippen molar-refractivity contribution in [2.24, 2.45) is 0 Å². The molecule has 0 aliphatic carbocycles. The molecule has 0 bridgehead atoms. The monoisotopic (exact) mass is 299 g/mol. The Bertz CT molecular complexity index is 444. The zero-order valence-corrected chi connectivity index (χ0v) is 12.3. The van der Waals surface area contributed by atoms with E-state index in [1.165, 1.54) is 6.20 Å². The van der Waals surface area contributed by atoms with E-state index in [1.54, 1.807) is 7.11 Å². The quantitative estimate of drug-likeness (QED) is 0.357. The number of methoxy groups -OCH3 is 1. The van der Waals surface area contributed by atoms with Gasteiger partial charge >= 0.3 is 5.69 Å². The van der Waals surface area contributed by atoms with Crippen LogP contribution in [0.25, 0.3) is 0 Å². The predicted octanol–water partition coefficient (Wildman–Crippen LogP) is 1.28. The second-order valence-electron chi connectivity index (χ2n) is 4.14. The molecule has 0 aliphatic heterocycles. The highest BCUT2D eigenvalue weighted by Gasteiger charge is 2.16. The number of nitrogens with one attached hydrogen (secondary N) is 2. The zero-order valence-electron chi connectivity index (χ0n) is 12.3. The van der Waals surface area contributed by atoms with Crippen LogP contribution in [0.1, 0.15) is 13.3 Å². The van der Waals surface area contributed by atoms with Crippen molar-refractivity contribution in [1.29, 1.82) is 0 Å². The van der Waals surface area contributed by atoms with Crippen LogP contribution in [0.3, 0.4) is 0 Å². The maximum atomic E-state index is 10.9. The van der Waals surface area contributed by atoms with Gasteiger partial charge in [-0.15, -0.1) is 0 Å². The SMILES string of the molecule is CCCNc1ncc([N+](=O)[O-])c(NCCOCCOC)n1. The fourth-order valence-corrected chi connectivity index (χ4v) is 1.45.